The van der Waals surface area contributed by atoms with E-state index in [1.807, 2.05) is 67.8 Å². The van der Waals surface area contributed by atoms with Gasteiger partial charge in [0.2, 0.25) is 0 Å². The summed E-state index contributed by atoms with van der Waals surface area (Å²) in [6, 6.07) is 21.9. The molecule has 1 fully saturated rings. The van der Waals surface area contributed by atoms with Gasteiger partial charge >= 0.3 is 0 Å². The van der Waals surface area contributed by atoms with Crippen molar-refractivity contribution in [3.05, 3.63) is 83.4 Å². The first kappa shape index (κ1) is 24.9. The van der Waals surface area contributed by atoms with Crippen molar-refractivity contribution in [2.75, 3.05) is 27.6 Å². The van der Waals surface area contributed by atoms with Crippen LogP contribution in [0.2, 0.25) is 0 Å². The normalized spacial score (nSPS) is 30.4. The van der Waals surface area contributed by atoms with E-state index in [9.17, 15) is 5.11 Å². The Balaban J connectivity index is 1.66. The second kappa shape index (κ2) is 8.85. The Bertz CT molecular complexity index is 1400. The SMILES string of the molecule is COc1ccc(C[C@@]23Oc4cc(OC)cc(OC)c4[C@]2(C)[C@]2(O)ON=C(SC)[C@@H]2[C@H]3c2ccccc2)cc1. The molecular formula is C30H31NO6S. The van der Waals surface area contributed by atoms with Crippen LogP contribution in [0.4, 0.5) is 0 Å². The van der Waals surface area contributed by atoms with Gasteiger partial charge in [-0.25, -0.2) is 0 Å². The summed E-state index contributed by atoms with van der Waals surface area (Å²) in [6.45, 7) is 2.02. The third-order valence-electron chi connectivity index (χ3n) is 8.64. The molecule has 0 aromatic heterocycles. The molecular weight excluding hydrogens is 502 g/mol. The fourth-order valence-electron chi connectivity index (χ4n) is 6.88. The maximum absolute atomic E-state index is 12.7. The van der Waals surface area contributed by atoms with Crippen molar-refractivity contribution in [3.63, 3.8) is 0 Å². The van der Waals surface area contributed by atoms with Gasteiger partial charge in [0.25, 0.3) is 5.79 Å². The van der Waals surface area contributed by atoms with E-state index in [1.165, 1.54) is 11.8 Å². The zero-order valence-electron chi connectivity index (χ0n) is 22.1. The van der Waals surface area contributed by atoms with Gasteiger partial charge in [-0.15, -0.1) is 11.8 Å². The van der Waals surface area contributed by atoms with Crippen LogP contribution in [-0.4, -0.2) is 49.1 Å². The highest BCUT2D eigenvalue weighted by Gasteiger charge is 2.84. The number of rotatable bonds is 6. The van der Waals surface area contributed by atoms with Gasteiger partial charge < -0.3 is 28.9 Å². The van der Waals surface area contributed by atoms with Crippen molar-refractivity contribution < 1.29 is 28.9 Å². The van der Waals surface area contributed by atoms with E-state index in [2.05, 4.69) is 17.3 Å². The molecule has 198 valence electrons. The van der Waals surface area contributed by atoms with E-state index in [0.717, 1.165) is 27.5 Å². The number of hydrogen-bond acceptors (Lipinski definition) is 8. The van der Waals surface area contributed by atoms with Gasteiger partial charge in [0.1, 0.15) is 39.1 Å². The third-order valence-corrected chi connectivity index (χ3v) is 9.39. The molecule has 1 saturated carbocycles. The van der Waals surface area contributed by atoms with E-state index in [-0.39, 0.29) is 5.92 Å². The number of aliphatic hydroxyl groups is 1. The summed E-state index contributed by atoms with van der Waals surface area (Å²) in [4.78, 5) is 6.08. The molecule has 0 spiro atoms. The molecule has 3 aromatic carbocycles. The van der Waals surface area contributed by atoms with E-state index in [0.29, 0.717) is 23.7 Å². The predicted octanol–water partition coefficient (Wildman–Crippen LogP) is 5.15. The van der Waals surface area contributed by atoms with Gasteiger partial charge in [-0.1, -0.05) is 47.6 Å². The van der Waals surface area contributed by atoms with Gasteiger partial charge in [0.05, 0.1) is 32.8 Å². The minimum atomic E-state index is -1.69. The van der Waals surface area contributed by atoms with E-state index >= 15 is 0 Å². The zero-order valence-corrected chi connectivity index (χ0v) is 22.9. The van der Waals surface area contributed by atoms with Crippen molar-refractivity contribution in [3.8, 4) is 23.0 Å². The monoisotopic (exact) mass is 533 g/mol. The lowest BCUT2D eigenvalue weighted by atomic mass is 9.64. The molecule has 38 heavy (non-hydrogen) atoms. The van der Waals surface area contributed by atoms with Crippen LogP contribution in [0.15, 0.2) is 71.9 Å². The smallest absolute Gasteiger partial charge is 0.258 e. The quantitative estimate of drug-likeness (QED) is 0.469. The summed E-state index contributed by atoms with van der Waals surface area (Å²) in [5.74, 6) is 0.118. The fraction of sp³-hybridized carbons (Fsp3) is 0.367. The summed E-state index contributed by atoms with van der Waals surface area (Å²) >= 11 is 1.49. The topological polar surface area (TPSA) is 78.7 Å². The molecule has 6 rings (SSSR count). The maximum atomic E-state index is 12.7. The first-order valence-electron chi connectivity index (χ1n) is 12.5. The molecule has 0 unspecified atom stereocenters. The van der Waals surface area contributed by atoms with Crippen LogP contribution in [0.5, 0.6) is 23.0 Å². The molecule has 0 amide bonds. The van der Waals surface area contributed by atoms with Gasteiger partial charge in [-0.2, -0.15) is 0 Å². The average molecular weight is 534 g/mol. The Morgan fingerprint density at radius 1 is 0.921 bits per heavy atom. The number of benzene rings is 3. The lowest BCUT2D eigenvalue weighted by Crippen LogP contribution is -2.59. The largest absolute Gasteiger partial charge is 0.497 e. The first-order valence-corrected chi connectivity index (χ1v) is 13.7. The molecule has 0 saturated heterocycles. The molecule has 1 N–H and O–H groups in total. The Labute approximate surface area is 226 Å². The number of fused-ring (bicyclic) bond motifs is 5. The van der Waals surface area contributed by atoms with E-state index < -0.39 is 22.7 Å². The maximum Gasteiger partial charge on any atom is 0.258 e. The molecule has 1 aliphatic carbocycles. The lowest BCUT2D eigenvalue weighted by Gasteiger charge is -2.43. The minimum absolute atomic E-state index is 0.294. The summed E-state index contributed by atoms with van der Waals surface area (Å²) in [6.07, 6.45) is 2.46. The minimum Gasteiger partial charge on any atom is -0.497 e. The molecule has 2 heterocycles. The van der Waals surface area contributed by atoms with Gasteiger partial charge in [0.15, 0.2) is 0 Å². The standard InChI is InChI=1S/C30H31NO6S/c1-28-25-22(35-4)15-21(34-3)16-23(25)36-29(28,17-18-11-13-20(33-2)14-12-18)24(19-9-7-6-8-10-19)26-27(38-5)31-37-30(26,28)32/h6-16,24,26,32H,17H2,1-5H3/t24-,26+,28+,29+,30-/m1/s1. The highest BCUT2D eigenvalue weighted by molar-refractivity contribution is 8.13. The Hall–Kier alpha value is -3.36. The highest BCUT2D eigenvalue weighted by atomic mass is 32.2. The first-order chi connectivity index (χ1) is 18.4. The summed E-state index contributed by atoms with van der Waals surface area (Å²) < 4.78 is 24.0. The molecule has 2 aliphatic heterocycles. The number of oxime groups is 1. The second-order valence-corrected chi connectivity index (χ2v) is 11.0. The third kappa shape index (κ3) is 3.10. The Morgan fingerprint density at radius 2 is 1.63 bits per heavy atom. The van der Waals surface area contributed by atoms with Crippen LogP contribution in [0, 0.1) is 5.92 Å². The van der Waals surface area contributed by atoms with Crippen LogP contribution >= 0.6 is 11.8 Å². The number of thioether (sulfide) groups is 1. The van der Waals surface area contributed by atoms with Crippen molar-refractivity contribution in [2.45, 2.75) is 36.1 Å². The van der Waals surface area contributed by atoms with Gasteiger partial charge in [-0.3, -0.25) is 0 Å². The molecule has 8 heteroatoms. The Morgan fingerprint density at radius 3 is 2.26 bits per heavy atom. The van der Waals surface area contributed by atoms with E-state index in [1.54, 1.807) is 21.3 Å². The van der Waals surface area contributed by atoms with Crippen LogP contribution in [-0.2, 0) is 16.7 Å². The Kier molecular flexibility index (Phi) is 5.81. The van der Waals surface area contributed by atoms with Crippen LogP contribution in [0.3, 0.4) is 0 Å². The average Bonchev–Trinajstić information content (AvgIpc) is 3.47. The molecule has 7 nitrogen and oxygen atoms in total. The van der Waals surface area contributed by atoms with Crippen molar-refractivity contribution in [1.82, 2.24) is 0 Å². The fourth-order valence-corrected chi connectivity index (χ4v) is 7.54. The summed E-state index contributed by atoms with van der Waals surface area (Å²) in [7, 11) is 4.88. The van der Waals surface area contributed by atoms with Crippen molar-refractivity contribution >= 4 is 16.8 Å². The lowest BCUT2D eigenvalue weighted by molar-refractivity contribution is -0.243. The van der Waals surface area contributed by atoms with Gasteiger partial charge in [-0.05, 0) is 36.4 Å². The molecule has 0 bridgehead atoms. The van der Waals surface area contributed by atoms with Crippen molar-refractivity contribution in [2.24, 2.45) is 11.1 Å². The van der Waals surface area contributed by atoms with Gasteiger partial charge in [0, 0.05) is 24.5 Å². The highest BCUT2D eigenvalue weighted by Crippen LogP contribution is 2.73. The van der Waals surface area contributed by atoms with Crippen LogP contribution in [0.25, 0.3) is 0 Å². The summed E-state index contributed by atoms with van der Waals surface area (Å²) in [5, 5.41) is 17.8. The molecule has 3 aliphatic rings. The zero-order chi connectivity index (χ0) is 26.7. The molecule has 3 aromatic rings. The number of nitrogens with zero attached hydrogens (tertiary/aromatic N) is 1. The predicted molar refractivity (Wildman–Crippen MR) is 147 cm³/mol. The number of methoxy groups -OCH3 is 3. The van der Waals surface area contributed by atoms with Crippen LogP contribution < -0.4 is 18.9 Å². The molecule has 0 radical (unpaired) electrons. The van der Waals surface area contributed by atoms with E-state index in [4.69, 9.17) is 23.8 Å². The van der Waals surface area contributed by atoms with Crippen LogP contribution in [0.1, 0.15) is 29.5 Å². The second-order valence-electron chi connectivity index (χ2n) is 10.1. The summed E-state index contributed by atoms with van der Waals surface area (Å²) in [5.41, 5.74) is 0.806. The number of hydrogen-bond donors (Lipinski definition) is 1. The molecule has 5 atom stereocenters. The van der Waals surface area contributed by atoms with Crippen molar-refractivity contribution in [1.29, 1.82) is 0 Å². The number of ether oxygens (including phenoxy) is 4.